The van der Waals surface area contributed by atoms with Gasteiger partial charge >= 0.3 is 8.25 Å². The highest BCUT2D eigenvalue weighted by Crippen LogP contribution is 2.47. The van der Waals surface area contributed by atoms with E-state index in [-0.39, 0.29) is 17.8 Å². The van der Waals surface area contributed by atoms with Gasteiger partial charge in [0, 0.05) is 0 Å². The maximum atomic E-state index is 11.5. The Morgan fingerprint density at radius 2 is 1.25 bits per heavy atom. The maximum absolute atomic E-state index is 11.5. The molecule has 20 heavy (non-hydrogen) atoms. The van der Waals surface area contributed by atoms with Crippen LogP contribution in [0.25, 0.3) is 0 Å². The summed E-state index contributed by atoms with van der Waals surface area (Å²) in [6.45, 7) is 17.3. The van der Waals surface area contributed by atoms with Crippen molar-refractivity contribution in [2.75, 3.05) is 0 Å². The summed E-state index contributed by atoms with van der Waals surface area (Å²) in [5.74, 6) is 1.85. The zero-order chi connectivity index (χ0) is 16.1. The average Bonchev–Trinajstić information content (AvgIpc) is 2.22. The predicted molar refractivity (Wildman–Crippen MR) is 87.1 cm³/mol. The molecule has 0 aromatic rings. The van der Waals surface area contributed by atoms with Crippen LogP contribution < -0.4 is 0 Å². The molecule has 0 bridgehead atoms. The molecule has 0 fully saturated rings. The van der Waals surface area contributed by atoms with Crippen molar-refractivity contribution in [1.29, 1.82) is 0 Å². The SMILES string of the molecule is CC(C)CC(C)C(O[PH](=O)O)(C(C)C)C(C)CC(C)C. The van der Waals surface area contributed by atoms with Crippen LogP contribution in [0.3, 0.4) is 0 Å². The zero-order valence-electron chi connectivity index (χ0n) is 14.6. The summed E-state index contributed by atoms with van der Waals surface area (Å²) in [6, 6.07) is 0. The van der Waals surface area contributed by atoms with Crippen molar-refractivity contribution in [2.45, 2.75) is 73.8 Å². The molecular weight excluding hydrogens is 271 g/mol. The molecule has 0 saturated heterocycles. The molecule has 3 atom stereocenters. The Labute approximate surface area is 126 Å². The van der Waals surface area contributed by atoms with Gasteiger partial charge in [-0.1, -0.05) is 55.4 Å². The molecule has 3 unspecified atom stereocenters. The highest BCUT2D eigenvalue weighted by molar-refractivity contribution is 7.32. The van der Waals surface area contributed by atoms with Crippen LogP contribution in [-0.2, 0) is 9.09 Å². The number of hydrogen-bond acceptors (Lipinski definition) is 2. The van der Waals surface area contributed by atoms with Gasteiger partial charge < -0.3 is 9.42 Å². The molecule has 0 saturated carbocycles. The summed E-state index contributed by atoms with van der Waals surface area (Å²) in [4.78, 5) is 9.43. The van der Waals surface area contributed by atoms with E-state index in [1.807, 2.05) is 0 Å². The molecule has 0 radical (unpaired) electrons. The monoisotopic (exact) mass is 306 g/mol. The summed E-state index contributed by atoms with van der Waals surface area (Å²) >= 11 is 0. The van der Waals surface area contributed by atoms with Gasteiger partial charge in [-0.2, -0.15) is 0 Å². The van der Waals surface area contributed by atoms with Gasteiger partial charge in [0.05, 0.1) is 5.60 Å². The van der Waals surface area contributed by atoms with Crippen molar-refractivity contribution in [3.63, 3.8) is 0 Å². The van der Waals surface area contributed by atoms with Crippen molar-refractivity contribution >= 4 is 8.25 Å². The molecular formula is C16H35O3P. The molecule has 0 aliphatic carbocycles. The molecule has 0 aromatic heterocycles. The standard InChI is InChI=1S/C16H35O3P/c1-11(2)9-14(7)16(13(5)6,19-20(17)18)15(8)10-12(3)4/h11-15,20H,9-10H2,1-8H3,(H,17,18). The first kappa shape index (κ1) is 20.1. The Kier molecular flexibility index (Phi) is 8.62. The molecule has 122 valence electrons. The average molecular weight is 306 g/mol. The molecule has 0 spiro atoms. The van der Waals surface area contributed by atoms with Crippen molar-refractivity contribution < 1.29 is 14.0 Å². The van der Waals surface area contributed by atoms with Crippen molar-refractivity contribution in [2.24, 2.45) is 29.6 Å². The second-order valence-electron chi connectivity index (χ2n) is 7.44. The minimum Gasteiger partial charge on any atom is -0.326 e. The van der Waals surface area contributed by atoms with Crippen LogP contribution in [0.4, 0.5) is 0 Å². The normalized spacial score (nSPS) is 20.2. The minimum absolute atomic E-state index is 0.214. The van der Waals surface area contributed by atoms with E-state index in [2.05, 4.69) is 55.4 Å². The molecule has 3 nitrogen and oxygen atoms in total. The van der Waals surface area contributed by atoms with Gasteiger partial charge in [-0.05, 0) is 42.4 Å². The lowest BCUT2D eigenvalue weighted by atomic mass is 9.67. The van der Waals surface area contributed by atoms with E-state index in [1.165, 1.54) is 0 Å². The fourth-order valence-electron chi connectivity index (χ4n) is 3.88. The van der Waals surface area contributed by atoms with Gasteiger partial charge in [0.2, 0.25) is 0 Å². The Balaban J connectivity index is 5.50. The first-order valence-corrected chi connectivity index (χ1v) is 9.22. The smallest absolute Gasteiger partial charge is 0.317 e. The lowest BCUT2D eigenvalue weighted by Crippen LogP contribution is -2.49. The minimum atomic E-state index is -2.95. The maximum Gasteiger partial charge on any atom is 0.317 e. The van der Waals surface area contributed by atoms with E-state index in [0.29, 0.717) is 11.8 Å². The van der Waals surface area contributed by atoms with Crippen LogP contribution >= 0.6 is 8.25 Å². The van der Waals surface area contributed by atoms with E-state index in [4.69, 9.17) is 4.52 Å². The van der Waals surface area contributed by atoms with E-state index < -0.39 is 13.9 Å². The lowest BCUT2D eigenvalue weighted by Gasteiger charge is -2.47. The van der Waals surface area contributed by atoms with Crippen molar-refractivity contribution in [3.8, 4) is 0 Å². The Bertz CT molecular complexity index is 284. The molecule has 0 rings (SSSR count). The van der Waals surface area contributed by atoms with Crippen LogP contribution in [0.5, 0.6) is 0 Å². The third-order valence-corrected chi connectivity index (χ3v) is 4.88. The summed E-state index contributed by atoms with van der Waals surface area (Å²) < 4.78 is 17.2. The van der Waals surface area contributed by atoms with E-state index in [1.54, 1.807) is 0 Å². The highest BCUT2D eigenvalue weighted by atomic mass is 31.1. The summed E-state index contributed by atoms with van der Waals surface area (Å²) in [5, 5.41) is 0. The Morgan fingerprint density at radius 3 is 1.45 bits per heavy atom. The Morgan fingerprint density at radius 1 is 0.900 bits per heavy atom. The van der Waals surface area contributed by atoms with Gasteiger partial charge in [0.15, 0.2) is 0 Å². The topological polar surface area (TPSA) is 46.5 Å². The fraction of sp³-hybridized carbons (Fsp3) is 1.00. The number of rotatable bonds is 9. The third-order valence-electron chi connectivity index (χ3n) is 4.36. The molecule has 0 heterocycles. The number of hydrogen-bond donors (Lipinski definition) is 1. The highest BCUT2D eigenvalue weighted by Gasteiger charge is 2.46. The summed E-state index contributed by atoms with van der Waals surface area (Å²) in [5.41, 5.74) is -0.515. The van der Waals surface area contributed by atoms with E-state index in [0.717, 1.165) is 12.8 Å². The van der Waals surface area contributed by atoms with E-state index in [9.17, 15) is 9.46 Å². The van der Waals surface area contributed by atoms with Crippen molar-refractivity contribution in [3.05, 3.63) is 0 Å². The second-order valence-corrected chi connectivity index (χ2v) is 8.17. The summed E-state index contributed by atoms with van der Waals surface area (Å²) in [7, 11) is -2.95. The largest absolute Gasteiger partial charge is 0.326 e. The van der Waals surface area contributed by atoms with E-state index >= 15 is 0 Å². The van der Waals surface area contributed by atoms with Crippen molar-refractivity contribution in [1.82, 2.24) is 0 Å². The quantitative estimate of drug-likeness (QED) is 0.600. The van der Waals surface area contributed by atoms with Crippen LogP contribution in [0.15, 0.2) is 0 Å². The Hall–Kier alpha value is 0.150. The lowest BCUT2D eigenvalue weighted by molar-refractivity contribution is -0.0838. The molecule has 0 aliphatic heterocycles. The van der Waals surface area contributed by atoms with Gasteiger partial charge in [0.25, 0.3) is 0 Å². The molecule has 0 aliphatic rings. The van der Waals surface area contributed by atoms with Crippen LogP contribution in [0, 0.1) is 29.6 Å². The predicted octanol–water partition coefficient (Wildman–Crippen LogP) is 5.14. The first-order valence-electron chi connectivity index (χ1n) is 7.95. The fourth-order valence-corrected chi connectivity index (χ4v) is 4.82. The summed E-state index contributed by atoms with van der Waals surface area (Å²) in [6.07, 6.45) is 2.02. The van der Waals surface area contributed by atoms with Gasteiger partial charge in [-0.25, -0.2) is 0 Å². The third kappa shape index (κ3) is 5.50. The zero-order valence-corrected chi connectivity index (χ0v) is 15.6. The first-order chi connectivity index (χ1) is 9.03. The van der Waals surface area contributed by atoms with Gasteiger partial charge in [0.1, 0.15) is 0 Å². The molecule has 0 amide bonds. The molecule has 1 N–H and O–H groups in total. The van der Waals surface area contributed by atoms with Crippen LogP contribution in [0.2, 0.25) is 0 Å². The molecule has 0 aromatic carbocycles. The van der Waals surface area contributed by atoms with Crippen LogP contribution in [-0.4, -0.2) is 10.5 Å². The molecule has 4 heteroatoms. The van der Waals surface area contributed by atoms with Gasteiger partial charge in [-0.15, -0.1) is 0 Å². The van der Waals surface area contributed by atoms with Gasteiger partial charge in [-0.3, -0.25) is 4.57 Å². The second kappa shape index (κ2) is 8.56. The van der Waals surface area contributed by atoms with Crippen LogP contribution in [0.1, 0.15) is 68.2 Å².